The number of nitrogens with zero attached hydrogens (tertiary/aromatic N) is 1. The number of phenolic OH excluding ortho intramolecular Hbond substituents is 1. The van der Waals surface area contributed by atoms with E-state index in [1.807, 2.05) is 0 Å². The lowest BCUT2D eigenvalue weighted by molar-refractivity contribution is -0.386. The fraction of sp³-hybridized carbons (Fsp3) is 0.200. The number of rotatable bonds is 3. The van der Waals surface area contributed by atoms with Crippen LogP contribution in [0.4, 0.5) is 5.69 Å². The van der Waals surface area contributed by atoms with E-state index in [1.54, 1.807) is 19.1 Å². The summed E-state index contributed by atoms with van der Waals surface area (Å²) in [4.78, 5) is 10.0. The van der Waals surface area contributed by atoms with Gasteiger partial charge < -0.3 is 5.11 Å². The Labute approximate surface area is 95.5 Å². The highest BCUT2D eigenvalue weighted by molar-refractivity contribution is 9.10. The first-order valence-electron chi connectivity index (χ1n) is 4.26. The Hall–Kier alpha value is -1.36. The van der Waals surface area contributed by atoms with Crippen molar-refractivity contribution in [3.05, 3.63) is 44.9 Å². The number of allylic oxidation sites excluding steroid dienone is 1. The van der Waals surface area contributed by atoms with Crippen molar-refractivity contribution in [3.8, 4) is 5.75 Å². The molecule has 80 valence electrons. The molecule has 1 aromatic rings. The third-order valence-electron chi connectivity index (χ3n) is 2.12. The van der Waals surface area contributed by atoms with Crippen LogP contribution in [-0.2, 0) is 0 Å². The molecule has 0 saturated heterocycles. The van der Waals surface area contributed by atoms with Gasteiger partial charge in [-0.05, 0) is 6.07 Å². The summed E-state index contributed by atoms with van der Waals surface area (Å²) in [6, 6.07) is 2.92. The van der Waals surface area contributed by atoms with Gasteiger partial charge in [0.1, 0.15) is 0 Å². The SMILES string of the molecule is C=CC(C)c1cc(Br)cc([N+](=O)[O-])c1O. The van der Waals surface area contributed by atoms with Gasteiger partial charge in [-0.3, -0.25) is 10.1 Å². The average molecular weight is 272 g/mol. The minimum atomic E-state index is -0.612. The smallest absolute Gasteiger partial charge is 0.312 e. The average Bonchev–Trinajstić information content (AvgIpc) is 2.19. The minimum Gasteiger partial charge on any atom is -0.502 e. The van der Waals surface area contributed by atoms with Gasteiger partial charge in [0.15, 0.2) is 5.75 Å². The number of phenols is 1. The van der Waals surface area contributed by atoms with E-state index < -0.39 is 4.92 Å². The molecule has 0 aliphatic rings. The zero-order valence-electron chi connectivity index (χ0n) is 8.11. The van der Waals surface area contributed by atoms with Gasteiger partial charge in [0.05, 0.1) is 4.92 Å². The van der Waals surface area contributed by atoms with E-state index in [0.717, 1.165) is 0 Å². The largest absolute Gasteiger partial charge is 0.502 e. The van der Waals surface area contributed by atoms with Crippen molar-refractivity contribution in [2.45, 2.75) is 12.8 Å². The molecule has 0 heterocycles. The Morgan fingerprint density at radius 1 is 1.67 bits per heavy atom. The van der Waals surface area contributed by atoms with Gasteiger partial charge in [0.25, 0.3) is 0 Å². The second-order valence-electron chi connectivity index (χ2n) is 3.14. The van der Waals surface area contributed by atoms with Gasteiger partial charge in [-0.1, -0.05) is 28.9 Å². The quantitative estimate of drug-likeness (QED) is 0.521. The highest BCUT2D eigenvalue weighted by atomic mass is 79.9. The van der Waals surface area contributed by atoms with Crippen molar-refractivity contribution in [3.63, 3.8) is 0 Å². The normalized spacial score (nSPS) is 12.1. The highest BCUT2D eigenvalue weighted by Crippen LogP contribution is 2.37. The molecule has 0 aromatic heterocycles. The zero-order valence-corrected chi connectivity index (χ0v) is 9.69. The molecule has 0 aliphatic heterocycles. The molecule has 1 atom stereocenters. The third-order valence-corrected chi connectivity index (χ3v) is 2.58. The van der Waals surface area contributed by atoms with Crippen molar-refractivity contribution in [2.24, 2.45) is 0 Å². The molecule has 0 fully saturated rings. The fourth-order valence-electron chi connectivity index (χ4n) is 1.22. The fourth-order valence-corrected chi connectivity index (χ4v) is 1.68. The molecule has 0 amide bonds. The van der Waals surface area contributed by atoms with Gasteiger partial charge >= 0.3 is 5.69 Å². The molecule has 1 N–H and O–H groups in total. The monoisotopic (exact) mass is 271 g/mol. The van der Waals surface area contributed by atoms with Gasteiger partial charge in [-0.15, -0.1) is 6.58 Å². The van der Waals surface area contributed by atoms with Crippen molar-refractivity contribution >= 4 is 21.6 Å². The summed E-state index contributed by atoms with van der Waals surface area (Å²) in [5, 5.41) is 20.3. The van der Waals surface area contributed by atoms with Crippen molar-refractivity contribution in [1.29, 1.82) is 0 Å². The third kappa shape index (κ3) is 2.36. The molecular formula is C10H10BrNO3. The van der Waals surface area contributed by atoms with Crippen molar-refractivity contribution in [2.75, 3.05) is 0 Å². The lowest BCUT2D eigenvalue weighted by atomic mass is 10.00. The number of nitro groups is 1. The lowest BCUT2D eigenvalue weighted by Gasteiger charge is -2.09. The summed E-state index contributed by atoms with van der Waals surface area (Å²) in [7, 11) is 0. The Bertz CT molecular complexity index is 417. The Morgan fingerprint density at radius 3 is 2.73 bits per heavy atom. The molecule has 0 bridgehead atoms. The van der Waals surface area contributed by atoms with Gasteiger partial charge in [-0.2, -0.15) is 0 Å². The van der Waals surface area contributed by atoms with E-state index in [4.69, 9.17) is 0 Å². The van der Waals surface area contributed by atoms with Gasteiger partial charge in [0, 0.05) is 22.0 Å². The number of hydrogen-bond donors (Lipinski definition) is 1. The maximum Gasteiger partial charge on any atom is 0.312 e. The van der Waals surface area contributed by atoms with Crippen LogP contribution in [0.5, 0.6) is 5.75 Å². The first-order valence-corrected chi connectivity index (χ1v) is 5.06. The number of nitro benzene ring substituents is 1. The summed E-state index contributed by atoms with van der Waals surface area (Å²) < 4.78 is 0.565. The first kappa shape index (κ1) is 11.7. The van der Waals surface area contributed by atoms with E-state index in [9.17, 15) is 15.2 Å². The summed E-state index contributed by atoms with van der Waals surface area (Å²) >= 11 is 3.16. The molecule has 5 heteroatoms. The van der Waals surface area contributed by atoms with Crippen LogP contribution < -0.4 is 0 Å². The molecule has 1 rings (SSSR count). The predicted octanol–water partition coefficient (Wildman–Crippen LogP) is 3.35. The summed E-state index contributed by atoms with van der Waals surface area (Å²) in [6.07, 6.45) is 1.62. The minimum absolute atomic E-state index is 0.138. The van der Waals surface area contributed by atoms with E-state index in [2.05, 4.69) is 22.5 Å². The summed E-state index contributed by atoms with van der Waals surface area (Å²) in [5.41, 5.74) is 0.194. The summed E-state index contributed by atoms with van der Waals surface area (Å²) in [5.74, 6) is -0.434. The molecule has 4 nitrogen and oxygen atoms in total. The van der Waals surface area contributed by atoms with Crippen LogP contribution in [0.1, 0.15) is 18.4 Å². The molecular weight excluding hydrogens is 262 g/mol. The molecule has 1 aromatic carbocycles. The number of aromatic hydroxyl groups is 1. The van der Waals surface area contributed by atoms with Crippen molar-refractivity contribution < 1.29 is 10.0 Å². The van der Waals surface area contributed by atoms with Gasteiger partial charge in [-0.25, -0.2) is 0 Å². The maximum absolute atomic E-state index is 10.6. The van der Waals surface area contributed by atoms with Crippen LogP contribution in [0.3, 0.4) is 0 Å². The molecule has 0 radical (unpaired) electrons. The standard InChI is InChI=1S/C10H10BrNO3/c1-3-6(2)8-4-7(11)5-9(10(8)13)12(14)15/h3-6,13H,1H2,2H3. The molecule has 0 spiro atoms. The van der Waals surface area contributed by atoms with Crippen LogP contribution in [0.2, 0.25) is 0 Å². The topological polar surface area (TPSA) is 63.4 Å². The van der Waals surface area contributed by atoms with Crippen LogP contribution in [0.15, 0.2) is 29.3 Å². The maximum atomic E-state index is 10.6. The molecule has 1 unspecified atom stereocenters. The predicted molar refractivity (Wildman–Crippen MR) is 61.1 cm³/mol. The lowest BCUT2D eigenvalue weighted by Crippen LogP contribution is -1.95. The molecule has 0 aliphatic carbocycles. The van der Waals surface area contributed by atoms with Crippen LogP contribution >= 0.6 is 15.9 Å². The number of halogens is 1. The van der Waals surface area contributed by atoms with Crippen LogP contribution in [-0.4, -0.2) is 10.0 Å². The Morgan fingerprint density at radius 2 is 2.27 bits per heavy atom. The van der Waals surface area contributed by atoms with E-state index in [-0.39, 0.29) is 17.4 Å². The Balaban J connectivity index is 3.40. The first-order chi connectivity index (χ1) is 6.97. The highest BCUT2D eigenvalue weighted by Gasteiger charge is 2.20. The van der Waals surface area contributed by atoms with Gasteiger partial charge in [0.2, 0.25) is 0 Å². The second kappa shape index (κ2) is 4.44. The second-order valence-corrected chi connectivity index (χ2v) is 4.06. The summed E-state index contributed by atoms with van der Waals surface area (Å²) in [6.45, 7) is 5.39. The number of hydrogen-bond acceptors (Lipinski definition) is 3. The van der Waals surface area contributed by atoms with E-state index >= 15 is 0 Å². The van der Waals surface area contributed by atoms with E-state index in [1.165, 1.54) is 6.07 Å². The van der Waals surface area contributed by atoms with E-state index in [0.29, 0.717) is 10.0 Å². The molecule has 0 saturated carbocycles. The number of benzene rings is 1. The van der Waals surface area contributed by atoms with Crippen LogP contribution in [0, 0.1) is 10.1 Å². The van der Waals surface area contributed by atoms with Crippen molar-refractivity contribution in [1.82, 2.24) is 0 Å². The zero-order chi connectivity index (χ0) is 11.6. The Kier molecular flexibility index (Phi) is 3.47. The van der Waals surface area contributed by atoms with Crippen LogP contribution in [0.25, 0.3) is 0 Å². The molecule has 15 heavy (non-hydrogen) atoms.